The van der Waals surface area contributed by atoms with Gasteiger partial charge in [-0.25, -0.2) is 4.79 Å². The van der Waals surface area contributed by atoms with Gasteiger partial charge < -0.3 is 24.8 Å². The van der Waals surface area contributed by atoms with E-state index >= 15 is 0 Å². The summed E-state index contributed by atoms with van der Waals surface area (Å²) in [4.78, 5) is 13.9. The lowest BCUT2D eigenvalue weighted by Gasteiger charge is -2.32. The minimum atomic E-state index is -0.492. The maximum atomic E-state index is 12.2. The van der Waals surface area contributed by atoms with E-state index < -0.39 is 11.2 Å². The van der Waals surface area contributed by atoms with E-state index in [9.17, 15) is 4.79 Å². The summed E-state index contributed by atoms with van der Waals surface area (Å²) in [5.41, 5.74) is 4.80. The molecule has 0 aromatic carbocycles. The van der Waals surface area contributed by atoms with E-state index in [2.05, 4.69) is 0 Å². The molecule has 0 aromatic heterocycles. The molecular weight excluding hydrogens is 260 g/mol. The number of nitrogens with zero attached hydrogens (tertiary/aromatic N) is 1. The Morgan fingerprint density at radius 1 is 1.50 bits per heavy atom. The first-order valence-electron chi connectivity index (χ1n) is 7.23. The number of rotatable bonds is 1. The van der Waals surface area contributed by atoms with E-state index in [0.717, 1.165) is 6.42 Å². The van der Waals surface area contributed by atoms with Gasteiger partial charge >= 0.3 is 6.09 Å². The second-order valence-electron chi connectivity index (χ2n) is 6.75. The lowest BCUT2D eigenvalue weighted by Crippen LogP contribution is -2.47. The van der Waals surface area contributed by atoms with Crippen LogP contribution in [0.3, 0.4) is 0 Å². The molecule has 1 amide bonds. The second-order valence-corrected chi connectivity index (χ2v) is 6.75. The van der Waals surface area contributed by atoms with Crippen LogP contribution in [0.1, 0.15) is 27.2 Å². The Labute approximate surface area is 120 Å². The van der Waals surface area contributed by atoms with Crippen molar-refractivity contribution in [3.8, 4) is 0 Å². The average molecular weight is 286 g/mol. The van der Waals surface area contributed by atoms with Gasteiger partial charge in [0.25, 0.3) is 0 Å². The minimum absolute atomic E-state index is 0.304. The SMILES string of the molecule is CC(C)(C)OC(=O)N1CCOC[C@@]2(C[C@@H](CN)CO2)C1. The topological polar surface area (TPSA) is 74.0 Å². The van der Waals surface area contributed by atoms with Crippen LogP contribution < -0.4 is 5.73 Å². The van der Waals surface area contributed by atoms with Crippen molar-refractivity contribution in [1.29, 1.82) is 0 Å². The first-order valence-corrected chi connectivity index (χ1v) is 7.23. The van der Waals surface area contributed by atoms with Crippen molar-refractivity contribution in [2.45, 2.75) is 38.4 Å². The molecule has 2 N–H and O–H groups in total. The zero-order valence-corrected chi connectivity index (χ0v) is 12.7. The molecule has 2 atom stereocenters. The molecule has 20 heavy (non-hydrogen) atoms. The van der Waals surface area contributed by atoms with Gasteiger partial charge in [0.05, 0.1) is 26.4 Å². The van der Waals surface area contributed by atoms with Gasteiger partial charge in [-0.15, -0.1) is 0 Å². The van der Waals surface area contributed by atoms with Crippen LogP contribution >= 0.6 is 0 Å². The molecule has 0 aliphatic carbocycles. The fraction of sp³-hybridized carbons (Fsp3) is 0.929. The summed E-state index contributed by atoms with van der Waals surface area (Å²) in [7, 11) is 0. The first-order chi connectivity index (χ1) is 9.34. The quantitative estimate of drug-likeness (QED) is 0.778. The molecule has 0 radical (unpaired) electrons. The van der Waals surface area contributed by atoms with Crippen molar-refractivity contribution < 1.29 is 19.0 Å². The van der Waals surface area contributed by atoms with Crippen LogP contribution in [0.2, 0.25) is 0 Å². The van der Waals surface area contributed by atoms with Crippen LogP contribution in [-0.4, -0.2) is 61.7 Å². The Kier molecular flexibility index (Phi) is 4.56. The lowest BCUT2D eigenvalue weighted by atomic mass is 9.94. The highest BCUT2D eigenvalue weighted by Crippen LogP contribution is 2.32. The predicted octanol–water partition coefficient (Wildman–Crippen LogP) is 0.988. The summed E-state index contributed by atoms with van der Waals surface area (Å²) >= 11 is 0. The van der Waals surface area contributed by atoms with Crippen LogP contribution in [0, 0.1) is 5.92 Å². The van der Waals surface area contributed by atoms with Gasteiger partial charge in [-0.2, -0.15) is 0 Å². The number of hydrogen-bond donors (Lipinski definition) is 1. The molecule has 2 heterocycles. The third kappa shape index (κ3) is 3.84. The highest BCUT2D eigenvalue weighted by atomic mass is 16.6. The molecule has 116 valence electrons. The van der Waals surface area contributed by atoms with E-state index in [0.29, 0.717) is 45.4 Å². The molecule has 2 rings (SSSR count). The van der Waals surface area contributed by atoms with Gasteiger partial charge in [-0.1, -0.05) is 0 Å². The molecule has 0 aromatic rings. The van der Waals surface area contributed by atoms with E-state index in [-0.39, 0.29) is 6.09 Å². The first kappa shape index (κ1) is 15.5. The van der Waals surface area contributed by atoms with E-state index in [1.165, 1.54) is 0 Å². The third-order valence-electron chi connectivity index (χ3n) is 3.62. The molecular formula is C14H26N2O4. The van der Waals surface area contributed by atoms with Gasteiger partial charge in [0.1, 0.15) is 11.2 Å². The Bertz CT molecular complexity index is 356. The van der Waals surface area contributed by atoms with Crippen LogP contribution in [-0.2, 0) is 14.2 Å². The highest BCUT2D eigenvalue weighted by Gasteiger charge is 2.44. The van der Waals surface area contributed by atoms with Crippen LogP contribution in [0.15, 0.2) is 0 Å². The molecule has 2 saturated heterocycles. The standard InChI is InChI=1S/C14H26N2O4/c1-13(2,3)20-12(17)16-4-5-18-10-14(9-16)6-11(7-15)8-19-14/h11H,4-10,15H2,1-3H3/t11-,14+/m0/s1. The van der Waals surface area contributed by atoms with Crippen molar-refractivity contribution in [2.75, 3.05) is 39.5 Å². The minimum Gasteiger partial charge on any atom is -0.444 e. The van der Waals surface area contributed by atoms with E-state index in [1.54, 1.807) is 4.90 Å². The molecule has 6 heteroatoms. The fourth-order valence-corrected chi connectivity index (χ4v) is 2.69. The number of nitrogens with two attached hydrogens (primary N) is 1. The summed E-state index contributed by atoms with van der Waals surface area (Å²) in [6, 6.07) is 0. The molecule has 0 unspecified atom stereocenters. The average Bonchev–Trinajstić information content (AvgIpc) is 2.61. The lowest BCUT2D eigenvalue weighted by molar-refractivity contribution is -0.0575. The summed E-state index contributed by atoms with van der Waals surface area (Å²) in [6.07, 6.45) is 0.533. The molecule has 2 aliphatic heterocycles. The molecule has 0 bridgehead atoms. The van der Waals surface area contributed by atoms with Crippen molar-refractivity contribution >= 4 is 6.09 Å². The summed E-state index contributed by atoms with van der Waals surface area (Å²) in [5, 5.41) is 0. The number of carbonyl (C=O) groups is 1. The number of ether oxygens (including phenoxy) is 3. The molecule has 1 spiro atoms. The highest BCUT2D eigenvalue weighted by molar-refractivity contribution is 5.68. The second kappa shape index (κ2) is 5.87. The molecule has 0 saturated carbocycles. The van der Waals surface area contributed by atoms with Crippen LogP contribution in [0.5, 0.6) is 0 Å². The fourth-order valence-electron chi connectivity index (χ4n) is 2.69. The van der Waals surface area contributed by atoms with Gasteiger partial charge in [-0.05, 0) is 39.7 Å². The zero-order valence-electron chi connectivity index (χ0n) is 12.7. The van der Waals surface area contributed by atoms with Crippen molar-refractivity contribution in [1.82, 2.24) is 4.90 Å². The Balaban J connectivity index is 2.02. The summed E-state index contributed by atoms with van der Waals surface area (Å²) in [6.45, 7) is 8.92. The number of amides is 1. The monoisotopic (exact) mass is 286 g/mol. The van der Waals surface area contributed by atoms with E-state index in [1.807, 2.05) is 20.8 Å². The van der Waals surface area contributed by atoms with Crippen LogP contribution in [0.4, 0.5) is 4.79 Å². The Hall–Kier alpha value is -0.850. The van der Waals surface area contributed by atoms with Crippen molar-refractivity contribution in [3.05, 3.63) is 0 Å². The van der Waals surface area contributed by atoms with Crippen LogP contribution in [0.25, 0.3) is 0 Å². The number of hydrogen-bond acceptors (Lipinski definition) is 5. The Morgan fingerprint density at radius 3 is 2.85 bits per heavy atom. The van der Waals surface area contributed by atoms with Gasteiger partial charge in [0.2, 0.25) is 0 Å². The van der Waals surface area contributed by atoms with E-state index in [4.69, 9.17) is 19.9 Å². The predicted molar refractivity (Wildman–Crippen MR) is 74.5 cm³/mol. The maximum Gasteiger partial charge on any atom is 0.410 e. The Morgan fingerprint density at radius 2 is 2.25 bits per heavy atom. The van der Waals surface area contributed by atoms with Gasteiger partial charge in [-0.3, -0.25) is 0 Å². The van der Waals surface area contributed by atoms with Gasteiger partial charge in [0.15, 0.2) is 0 Å². The smallest absolute Gasteiger partial charge is 0.410 e. The summed E-state index contributed by atoms with van der Waals surface area (Å²) in [5.74, 6) is 0.345. The molecule has 2 aliphatic rings. The van der Waals surface area contributed by atoms with Crippen molar-refractivity contribution in [2.24, 2.45) is 11.7 Å². The number of carbonyl (C=O) groups excluding carboxylic acids is 1. The maximum absolute atomic E-state index is 12.2. The molecule has 2 fully saturated rings. The van der Waals surface area contributed by atoms with Crippen molar-refractivity contribution in [3.63, 3.8) is 0 Å². The van der Waals surface area contributed by atoms with Gasteiger partial charge in [0, 0.05) is 6.54 Å². The summed E-state index contributed by atoms with van der Waals surface area (Å²) < 4.78 is 17.0. The zero-order chi connectivity index (χ0) is 14.8. The molecule has 6 nitrogen and oxygen atoms in total. The normalized spacial score (nSPS) is 31.4. The third-order valence-corrected chi connectivity index (χ3v) is 3.62. The largest absolute Gasteiger partial charge is 0.444 e.